The third kappa shape index (κ3) is 4.70. The summed E-state index contributed by atoms with van der Waals surface area (Å²) < 4.78 is 13.5. The summed E-state index contributed by atoms with van der Waals surface area (Å²) in [4.78, 5) is 26.2. The fourth-order valence-electron chi connectivity index (χ4n) is 4.20. The summed E-state index contributed by atoms with van der Waals surface area (Å²) in [6.07, 6.45) is 1.40. The Kier molecular flexibility index (Phi) is 6.61. The van der Waals surface area contributed by atoms with E-state index in [9.17, 15) is 19.1 Å². The highest BCUT2D eigenvalue weighted by Gasteiger charge is 2.38. The van der Waals surface area contributed by atoms with Crippen LogP contribution >= 0.6 is 11.8 Å². The third-order valence-electron chi connectivity index (χ3n) is 5.86. The van der Waals surface area contributed by atoms with E-state index in [1.165, 1.54) is 12.1 Å². The largest absolute Gasteiger partial charge is 0.478 e. The number of thioether (sulfide) groups is 1. The van der Waals surface area contributed by atoms with Gasteiger partial charge in [0.15, 0.2) is 0 Å². The lowest BCUT2D eigenvalue weighted by Crippen LogP contribution is -2.33. The van der Waals surface area contributed by atoms with Gasteiger partial charge < -0.3 is 10.0 Å². The van der Waals surface area contributed by atoms with Gasteiger partial charge >= 0.3 is 5.97 Å². The summed E-state index contributed by atoms with van der Waals surface area (Å²) in [6.45, 7) is 1.91. The van der Waals surface area contributed by atoms with Crippen molar-refractivity contribution in [2.75, 3.05) is 5.75 Å². The number of carboxylic acids is 1. The number of hydrogen-bond donors (Lipinski definition) is 1. The maximum absolute atomic E-state index is 13.5. The summed E-state index contributed by atoms with van der Waals surface area (Å²) in [6, 6.07) is 21.3. The molecule has 2 unspecified atom stereocenters. The van der Waals surface area contributed by atoms with Crippen molar-refractivity contribution < 1.29 is 19.1 Å². The van der Waals surface area contributed by atoms with Crippen LogP contribution in [0.2, 0.25) is 0 Å². The topological polar surface area (TPSA) is 57.6 Å². The lowest BCUT2D eigenvalue weighted by Gasteiger charge is -2.33. The summed E-state index contributed by atoms with van der Waals surface area (Å²) >= 11 is 1.56. The summed E-state index contributed by atoms with van der Waals surface area (Å²) in [7, 11) is 0. The smallest absolute Gasteiger partial charge is 0.335 e. The second-order valence-corrected chi connectivity index (χ2v) is 9.00. The van der Waals surface area contributed by atoms with Gasteiger partial charge in [0.05, 0.1) is 17.4 Å². The van der Waals surface area contributed by atoms with Crippen LogP contribution in [0.25, 0.3) is 0 Å². The molecule has 0 saturated carbocycles. The molecule has 1 N–H and O–H groups in total. The monoisotopic (exact) mass is 449 g/mol. The quantitative estimate of drug-likeness (QED) is 0.497. The SMILES string of the molecule is Cc1cc(C(=O)O)ccc1CCC(c1ccccc1)N1C(=O)CSC1c1ccc(F)cc1. The number of rotatable bonds is 7. The van der Waals surface area contributed by atoms with Crippen LogP contribution in [0.1, 0.15) is 50.4 Å². The van der Waals surface area contributed by atoms with Crippen molar-refractivity contribution in [1.82, 2.24) is 4.90 Å². The van der Waals surface area contributed by atoms with Gasteiger partial charge in [0.25, 0.3) is 0 Å². The van der Waals surface area contributed by atoms with Gasteiger partial charge in [-0.05, 0) is 66.3 Å². The molecule has 1 saturated heterocycles. The summed E-state index contributed by atoms with van der Waals surface area (Å²) in [5.74, 6) is -0.785. The van der Waals surface area contributed by atoms with Crippen molar-refractivity contribution in [2.24, 2.45) is 0 Å². The zero-order valence-corrected chi connectivity index (χ0v) is 18.5. The molecule has 4 rings (SSSR count). The highest BCUT2D eigenvalue weighted by atomic mass is 32.2. The Bertz CT molecular complexity index is 1120. The zero-order chi connectivity index (χ0) is 22.7. The minimum Gasteiger partial charge on any atom is -0.478 e. The first-order chi connectivity index (χ1) is 15.4. The molecule has 3 aromatic carbocycles. The average Bonchev–Trinajstić information content (AvgIpc) is 3.17. The molecule has 0 aliphatic carbocycles. The Hall–Kier alpha value is -3.12. The van der Waals surface area contributed by atoms with Gasteiger partial charge in [0.1, 0.15) is 11.2 Å². The number of aryl methyl sites for hydroxylation is 2. The van der Waals surface area contributed by atoms with Crippen LogP contribution in [0.3, 0.4) is 0 Å². The molecule has 1 heterocycles. The molecule has 2 atom stereocenters. The maximum Gasteiger partial charge on any atom is 0.335 e. The second-order valence-electron chi connectivity index (χ2n) is 7.93. The van der Waals surface area contributed by atoms with Crippen LogP contribution in [0.15, 0.2) is 72.8 Å². The Morgan fingerprint density at radius 2 is 1.84 bits per heavy atom. The van der Waals surface area contributed by atoms with E-state index in [0.29, 0.717) is 18.6 Å². The van der Waals surface area contributed by atoms with Crippen LogP contribution in [0.4, 0.5) is 4.39 Å². The normalized spacial score (nSPS) is 16.9. The fourth-order valence-corrected chi connectivity index (χ4v) is 5.42. The minimum atomic E-state index is -0.941. The van der Waals surface area contributed by atoms with Crippen molar-refractivity contribution in [3.05, 3.63) is 106 Å². The molecule has 6 heteroatoms. The van der Waals surface area contributed by atoms with E-state index in [-0.39, 0.29) is 28.7 Å². The molecule has 1 aliphatic heterocycles. The molecular weight excluding hydrogens is 425 g/mol. The van der Waals surface area contributed by atoms with E-state index in [2.05, 4.69) is 0 Å². The first kappa shape index (κ1) is 22.1. The number of hydrogen-bond acceptors (Lipinski definition) is 3. The molecule has 164 valence electrons. The molecule has 0 radical (unpaired) electrons. The van der Waals surface area contributed by atoms with Crippen LogP contribution in [-0.2, 0) is 11.2 Å². The van der Waals surface area contributed by atoms with Gasteiger partial charge in [-0.25, -0.2) is 9.18 Å². The van der Waals surface area contributed by atoms with E-state index < -0.39 is 5.97 Å². The number of carboxylic acid groups (broad SMARTS) is 1. The van der Waals surface area contributed by atoms with Gasteiger partial charge in [-0.3, -0.25) is 4.79 Å². The Morgan fingerprint density at radius 3 is 2.50 bits per heavy atom. The van der Waals surface area contributed by atoms with E-state index in [0.717, 1.165) is 22.3 Å². The molecule has 4 nitrogen and oxygen atoms in total. The van der Waals surface area contributed by atoms with Gasteiger partial charge in [0.2, 0.25) is 5.91 Å². The number of carbonyl (C=O) groups is 2. The van der Waals surface area contributed by atoms with E-state index in [4.69, 9.17) is 0 Å². The van der Waals surface area contributed by atoms with Crippen molar-refractivity contribution in [3.63, 3.8) is 0 Å². The minimum absolute atomic E-state index is 0.0659. The summed E-state index contributed by atoms with van der Waals surface area (Å²) in [5, 5.41) is 9.05. The predicted octanol–water partition coefficient (Wildman–Crippen LogP) is 5.78. The Labute approximate surface area is 191 Å². The molecule has 3 aromatic rings. The number of halogens is 1. The first-order valence-corrected chi connectivity index (χ1v) is 11.5. The predicted molar refractivity (Wildman–Crippen MR) is 124 cm³/mol. The highest BCUT2D eigenvalue weighted by Crippen LogP contribution is 2.45. The Morgan fingerprint density at radius 1 is 1.12 bits per heavy atom. The van der Waals surface area contributed by atoms with Crippen LogP contribution in [0, 0.1) is 12.7 Å². The lowest BCUT2D eigenvalue weighted by molar-refractivity contribution is -0.130. The number of aromatic carboxylic acids is 1. The molecule has 32 heavy (non-hydrogen) atoms. The second kappa shape index (κ2) is 9.57. The summed E-state index contributed by atoms with van der Waals surface area (Å²) in [5.41, 5.74) is 4.22. The maximum atomic E-state index is 13.5. The number of nitrogens with zero attached hydrogens (tertiary/aromatic N) is 1. The molecule has 0 aromatic heterocycles. The number of carbonyl (C=O) groups excluding carboxylic acids is 1. The average molecular weight is 450 g/mol. The number of benzene rings is 3. The fraction of sp³-hybridized carbons (Fsp3) is 0.231. The van der Waals surface area contributed by atoms with Crippen molar-refractivity contribution in [3.8, 4) is 0 Å². The standard InChI is InChI=1S/C26H24FNO3S/c1-17-15-21(26(30)31)8-7-18(17)11-14-23(19-5-3-2-4-6-19)28-24(29)16-32-25(28)20-9-12-22(27)13-10-20/h2-10,12-13,15,23,25H,11,14,16H2,1H3,(H,30,31). The molecule has 0 bridgehead atoms. The van der Waals surface area contributed by atoms with Crippen molar-refractivity contribution in [1.29, 1.82) is 0 Å². The van der Waals surface area contributed by atoms with Crippen LogP contribution in [-0.4, -0.2) is 27.6 Å². The van der Waals surface area contributed by atoms with E-state index in [1.54, 1.807) is 36.0 Å². The molecule has 0 spiro atoms. The molecule has 1 amide bonds. The first-order valence-electron chi connectivity index (χ1n) is 10.5. The van der Waals surface area contributed by atoms with Crippen molar-refractivity contribution in [2.45, 2.75) is 31.2 Å². The van der Waals surface area contributed by atoms with Crippen LogP contribution in [0.5, 0.6) is 0 Å². The molecule has 1 aliphatic rings. The zero-order valence-electron chi connectivity index (χ0n) is 17.7. The highest BCUT2D eigenvalue weighted by molar-refractivity contribution is 8.00. The molecule has 1 fully saturated rings. The van der Waals surface area contributed by atoms with Gasteiger partial charge in [-0.2, -0.15) is 0 Å². The van der Waals surface area contributed by atoms with E-state index in [1.807, 2.05) is 48.2 Å². The van der Waals surface area contributed by atoms with Gasteiger partial charge in [-0.1, -0.05) is 48.5 Å². The van der Waals surface area contributed by atoms with Gasteiger partial charge in [-0.15, -0.1) is 11.8 Å². The third-order valence-corrected chi connectivity index (χ3v) is 7.09. The lowest BCUT2D eigenvalue weighted by atomic mass is 9.94. The van der Waals surface area contributed by atoms with Gasteiger partial charge in [0, 0.05) is 0 Å². The number of amides is 1. The molecular formula is C26H24FNO3S. The Balaban J connectivity index is 1.64. The van der Waals surface area contributed by atoms with E-state index >= 15 is 0 Å². The van der Waals surface area contributed by atoms with Crippen molar-refractivity contribution >= 4 is 23.6 Å². The van der Waals surface area contributed by atoms with Crippen LogP contribution < -0.4 is 0 Å².